The molecule has 23 heavy (non-hydrogen) atoms. The fraction of sp³-hybridized carbons (Fsp3) is 0.105. The second-order valence-electron chi connectivity index (χ2n) is 5.14. The number of fused-ring (bicyclic) bond motifs is 1. The SMILES string of the molecule is [CH2]CC(Oc1nc(C(=O)O)cc2ccccc12)c1ccccc1. The van der Waals surface area contributed by atoms with Crippen LogP contribution in [0.1, 0.15) is 28.6 Å². The second kappa shape index (κ2) is 6.48. The van der Waals surface area contributed by atoms with E-state index >= 15 is 0 Å². The van der Waals surface area contributed by atoms with Crippen molar-refractivity contribution >= 4 is 16.7 Å². The first-order valence-corrected chi connectivity index (χ1v) is 7.33. The first-order chi connectivity index (χ1) is 11.2. The Morgan fingerprint density at radius 3 is 2.52 bits per heavy atom. The van der Waals surface area contributed by atoms with Gasteiger partial charge in [-0.05, 0) is 36.4 Å². The summed E-state index contributed by atoms with van der Waals surface area (Å²) in [5.41, 5.74) is 0.948. The molecule has 4 heteroatoms. The van der Waals surface area contributed by atoms with Gasteiger partial charge in [0.25, 0.3) is 0 Å². The van der Waals surface area contributed by atoms with Crippen LogP contribution < -0.4 is 4.74 Å². The van der Waals surface area contributed by atoms with Gasteiger partial charge in [-0.25, -0.2) is 9.78 Å². The molecule has 0 saturated heterocycles. The lowest BCUT2D eigenvalue weighted by molar-refractivity contribution is 0.0688. The molecule has 0 fully saturated rings. The fourth-order valence-electron chi connectivity index (χ4n) is 2.46. The van der Waals surface area contributed by atoms with Crippen LogP contribution in [0, 0.1) is 6.92 Å². The van der Waals surface area contributed by atoms with Crippen LogP contribution in [0.15, 0.2) is 60.7 Å². The number of benzene rings is 2. The highest BCUT2D eigenvalue weighted by molar-refractivity contribution is 5.94. The predicted octanol–water partition coefficient (Wildman–Crippen LogP) is 4.28. The number of pyridine rings is 1. The number of nitrogens with zero attached hydrogens (tertiary/aromatic N) is 1. The molecule has 0 aliphatic heterocycles. The van der Waals surface area contributed by atoms with E-state index in [2.05, 4.69) is 11.9 Å². The molecule has 4 nitrogen and oxygen atoms in total. The molecule has 0 aliphatic carbocycles. The van der Waals surface area contributed by atoms with Gasteiger partial charge in [-0.15, -0.1) is 0 Å². The van der Waals surface area contributed by atoms with Crippen LogP contribution in [0.2, 0.25) is 0 Å². The fourth-order valence-corrected chi connectivity index (χ4v) is 2.46. The lowest BCUT2D eigenvalue weighted by atomic mass is 10.1. The molecule has 1 radical (unpaired) electrons. The molecule has 2 aromatic carbocycles. The minimum absolute atomic E-state index is 0.0328. The molecule has 0 aliphatic rings. The van der Waals surface area contributed by atoms with Crippen molar-refractivity contribution in [2.75, 3.05) is 0 Å². The normalized spacial score (nSPS) is 12.0. The number of hydrogen-bond acceptors (Lipinski definition) is 3. The summed E-state index contributed by atoms with van der Waals surface area (Å²) in [6, 6.07) is 18.7. The zero-order valence-corrected chi connectivity index (χ0v) is 12.5. The highest BCUT2D eigenvalue weighted by Crippen LogP contribution is 2.30. The molecule has 1 atom stereocenters. The quantitative estimate of drug-likeness (QED) is 0.764. The first kappa shape index (κ1) is 15.0. The Morgan fingerprint density at radius 1 is 1.13 bits per heavy atom. The first-order valence-electron chi connectivity index (χ1n) is 7.33. The third-order valence-electron chi connectivity index (χ3n) is 3.61. The van der Waals surface area contributed by atoms with E-state index in [0.29, 0.717) is 12.3 Å². The van der Waals surface area contributed by atoms with Crippen molar-refractivity contribution in [1.29, 1.82) is 0 Å². The summed E-state index contributed by atoms with van der Waals surface area (Å²) in [5.74, 6) is -0.760. The van der Waals surface area contributed by atoms with Gasteiger partial charge in [0.1, 0.15) is 6.10 Å². The van der Waals surface area contributed by atoms with E-state index in [0.717, 1.165) is 16.3 Å². The number of carbonyl (C=O) groups is 1. The topological polar surface area (TPSA) is 59.4 Å². The van der Waals surface area contributed by atoms with Gasteiger partial charge in [0, 0.05) is 5.39 Å². The molecular formula is C19H16NO3. The maximum absolute atomic E-state index is 11.3. The molecule has 1 N–H and O–H groups in total. The number of ether oxygens (including phenoxy) is 1. The van der Waals surface area contributed by atoms with E-state index in [4.69, 9.17) is 4.74 Å². The molecule has 3 aromatic rings. The number of rotatable bonds is 5. The number of hydrogen-bond donors (Lipinski definition) is 1. The minimum Gasteiger partial charge on any atom is -0.477 e. The zero-order chi connectivity index (χ0) is 16.2. The van der Waals surface area contributed by atoms with Crippen molar-refractivity contribution in [2.24, 2.45) is 0 Å². The highest BCUT2D eigenvalue weighted by atomic mass is 16.5. The van der Waals surface area contributed by atoms with Gasteiger partial charge in [0.15, 0.2) is 5.69 Å². The van der Waals surface area contributed by atoms with E-state index in [1.807, 2.05) is 54.6 Å². The van der Waals surface area contributed by atoms with E-state index in [9.17, 15) is 9.90 Å². The van der Waals surface area contributed by atoms with Crippen LogP contribution in [0.3, 0.4) is 0 Å². The standard InChI is InChI=1S/C19H16NO3/c1-2-17(13-8-4-3-5-9-13)23-18-15-11-7-6-10-14(15)12-16(20-18)19(21)22/h3-12,17H,1-2H2,(H,21,22). The average Bonchev–Trinajstić information content (AvgIpc) is 2.60. The predicted molar refractivity (Wildman–Crippen MR) is 88.5 cm³/mol. The van der Waals surface area contributed by atoms with Gasteiger partial charge in [-0.2, -0.15) is 0 Å². The maximum atomic E-state index is 11.3. The summed E-state index contributed by atoms with van der Waals surface area (Å²) in [7, 11) is 0. The zero-order valence-electron chi connectivity index (χ0n) is 12.5. The Hall–Kier alpha value is -2.88. The van der Waals surface area contributed by atoms with Crippen LogP contribution >= 0.6 is 0 Å². The van der Waals surface area contributed by atoms with Crippen molar-refractivity contribution < 1.29 is 14.6 Å². The largest absolute Gasteiger partial charge is 0.477 e. The van der Waals surface area contributed by atoms with Crippen LogP contribution in [-0.2, 0) is 0 Å². The van der Waals surface area contributed by atoms with E-state index in [-0.39, 0.29) is 11.8 Å². The summed E-state index contributed by atoms with van der Waals surface area (Å²) in [4.78, 5) is 15.5. The van der Waals surface area contributed by atoms with E-state index in [1.165, 1.54) is 0 Å². The molecule has 3 rings (SSSR count). The summed E-state index contributed by atoms with van der Waals surface area (Å²) < 4.78 is 6.02. The van der Waals surface area contributed by atoms with Crippen LogP contribution in [0.25, 0.3) is 10.8 Å². The molecule has 0 spiro atoms. The molecular weight excluding hydrogens is 290 g/mol. The Morgan fingerprint density at radius 2 is 1.83 bits per heavy atom. The lowest BCUT2D eigenvalue weighted by Crippen LogP contribution is -2.10. The van der Waals surface area contributed by atoms with Gasteiger partial charge >= 0.3 is 5.97 Å². The number of aromatic carboxylic acids is 1. The molecule has 0 amide bonds. The van der Waals surface area contributed by atoms with Crippen molar-refractivity contribution in [2.45, 2.75) is 12.5 Å². The smallest absolute Gasteiger partial charge is 0.354 e. The Labute approximate surface area is 134 Å². The van der Waals surface area contributed by atoms with Gasteiger partial charge < -0.3 is 9.84 Å². The van der Waals surface area contributed by atoms with Crippen LogP contribution in [-0.4, -0.2) is 16.1 Å². The van der Waals surface area contributed by atoms with Crippen LogP contribution in [0.5, 0.6) is 5.88 Å². The Kier molecular flexibility index (Phi) is 4.24. The van der Waals surface area contributed by atoms with E-state index < -0.39 is 5.97 Å². The van der Waals surface area contributed by atoms with Crippen molar-refractivity contribution in [3.05, 3.63) is 78.8 Å². The van der Waals surface area contributed by atoms with E-state index in [1.54, 1.807) is 6.07 Å². The van der Waals surface area contributed by atoms with Crippen molar-refractivity contribution in [1.82, 2.24) is 4.98 Å². The Balaban J connectivity index is 2.06. The summed E-state index contributed by atoms with van der Waals surface area (Å²) in [6.45, 7) is 3.93. The van der Waals surface area contributed by atoms with Gasteiger partial charge in [0.05, 0.1) is 0 Å². The van der Waals surface area contributed by atoms with Gasteiger partial charge in [0.2, 0.25) is 5.88 Å². The van der Waals surface area contributed by atoms with Gasteiger partial charge in [-0.3, -0.25) is 0 Å². The molecule has 1 unspecified atom stereocenters. The molecule has 1 heterocycles. The number of carboxylic acid groups (broad SMARTS) is 1. The highest BCUT2D eigenvalue weighted by Gasteiger charge is 2.16. The maximum Gasteiger partial charge on any atom is 0.354 e. The monoisotopic (exact) mass is 306 g/mol. The van der Waals surface area contributed by atoms with Crippen molar-refractivity contribution in [3.8, 4) is 5.88 Å². The minimum atomic E-state index is -1.08. The molecule has 0 bridgehead atoms. The third kappa shape index (κ3) is 3.16. The Bertz CT molecular complexity index is 830. The van der Waals surface area contributed by atoms with Gasteiger partial charge in [-0.1, -0.05) is 48.5 Å². The summed E-state index contributed by atoms with van der Waals surface area (Å²) in [5, 5.41) is 10.8. The average molecular weight is 306 g/mol. The lowest BCUT2D eigenvalue weighted by Gasteiger charge is -2.18. The molecule has 115 valence electrons. The van der Waals surface area contributed by atoms with Crippen LogP contribution in [0.4, 0.5) is 0 Å². The van der Waals surface area contributed by atoms with Crippen molar-refractivity contribution in [3.63, 3.8) is 0 Å². The molecule has 0 saturated carbocycles. The number of carboxylic acids is 1. The second-order valence-corrected chi connectivity index (χ2v) is 5.14. The number of aromatic nitrogens is 1. The molecule has 1 aromatic heterocycles. The summed E-state index contributed by atoms with van der Waals surface area (Å²) in [6.07, 6.45) is 0.230. The summed E-state index contributed by atoms with van der Waals surface area (Å²) >= 11 is 0. The third-order valence-corrected chi connectivity index (χ3v) is 3.61.